The Bertz CT molecular complexity index is 1090. The maximum Gasteiger partial charge on any atom is 0.255 e. The van der Waals surface area contributed by atoms with Crippen molar-refractivity contribution in [3.05, 3.63) is 46.5 Å². The summed E-state index contributed by atoms with van der Waals surface area (Å²) in [5.41, 5.74) is 0.793. The summed E-state index contributed by atoms with van der Waals surface area (Å²) in [6.07, 6.45) is 2.33. The average Bonchev–Trinajstić information content (AvgIpc) is 2.95. The Labute approximate surface area is 154 Å². The molecule has 1 saturated heterocycles. The van der Waals surface area contributed by atoms with Gasteiger partial charge in [-0.3, -0.25) is 9.59 Å². The number of aryl methyl sites for hydroxylation is 1. The standard InChI is InChI=1S/C20H20FN3O3/c1-3-12-16(24-19(26)17(12)21)9-27-20-14-7-13-10(2)8-23-18(25)15(13)6-11(14)4-5-22-20/h4-8,12,16-17H,3,9H2,1-2H3,(H,23,25)(H,24,26)/t12-,16+,17-/m0/s1. The van der Waals surface area contributed by atoms with E-state index < -0.39 is 18.0 Å². The topological polar surface area (TPSA) is 84.1 Å². The Hall–Kier alpha value is -2.96. The van der Waals surface area contributed by atoms with Crippen molar-refractivity contribution in [2.45, 2.75) is 32.5 Å². The van der Waals surface area contributed by atoms with Crippen LogP contribution < -0.4 is 15.6 Å². The fourth-order valence-corrected chi connectivity index (χ4v) is 3.75. The molecule has 140 valence electrons. The van der Waals surface area contributed by atoms with E-state index in [1.807, 2.05) is 32.0 Å². The third-order valence-electron chi connectivity index (χ3n) is 5.30. The second-order valence-corrected chi connectivity index (χ2v) is 6.94. The first kappa shape index (κ1) is 17.5. The highest BCUT2D eigenvalue weighted by Gasteiger charge is 2.41. The van der Waals surface area contributed by atoms with Gasteiger partial charge < -0.3 is 15.0 Å². The minimum Gasteiger partial charge on any atom is -0.475 e. The van der Waals surface area contributed by atoms with Gasteiger partial charge in [0.15, 0.2) is 6.17 Å². The van der Waals surface area contributed by atoms with Gasteiger partial charge in [0.25, 0.3) is 11.5 Å². The van der Waals surface area contributed by atoms with Crippen LogP contribution in [0.15, 0.2) is 35.4 Å². The number of carbonyl (C=O) groups is 1. The van der Waals surface area contributed by atoms with Crippen molar-refractivity contribution in [1.29, 1.82) is 0 Å². The molecule has 0 spiro atoms. The van der Waals surface area contributed by atoms with Crippen molar-refractivity contribution in [3.63, 3.8) is 0 Å². The maximum absolute atomic E-state index is 14.0. The summed E-state index contributed by atoms with van der Waals surface area (Å²) in [7, 11) is 0. The van der Waals surface area contributed by atoms with Gasteiger partial charge in [0, 0.05) is 29.1 Å². The van der Waals surface area contributed by atoms with Crippen molar-refractivity contribution in [2.75, 3.05) is 6.61 Å². The molecule has 2 N–H and O–H groups in total. The molecule has 27 heavy (non-hydrogen) atoms. The lowest BCUT2D eigenvalue weighted by Gasteiger charge is -2.18. The van der Waals surface area contributed by atoms with Crippen LogP contribution in [0, 0.1) is 12.8 Å². The number of nitrogens with zero attached hydrogens (tertiary/aromatic N) is 1. The summed E-state index contributed by atoms with van der Waals surface area (Å²) in [6.45, 7) is 3.92. The van der Waals surface area contributed by atoms with Crippen LogP contribution in [0.25, 0.3) is 21.5 Å². The quantitative estimate of drug-likeness (QED) is 0.693. The van der Waals surface area contributed by atoms with Crippen LogP contribution in [-0.4, -0.2) is 34.7 Å². The number of H-pyrrole nitrogens is 1. The molecule has 3 atom stereocenters. The molecule has 3 heterocycles. The van der Waals surface area contributed by atoms with Crippen LogP contribution in [0.4, 0.5) is 4.39 Å². The van der Waals surface area contributed by atoms with Gasteiger partial charge in [-0.1, -0.05) is 6.92 Å². The highest BCUT2D eigenvalue weighted by molar-refractivity contribution is 6.00. The molecule has 1 amide bonds. The van der Waals surface area contributed by atoms with E-state index in [0.717, 1.165) is 21.7 Å². The van der Waals surface area contributed by atoms with E-state index in [0.29, 0.717) is 17.7 Å². The Morgan fingerprint density at radius 1 is 1.22 bits per heavy atom. The molecule has 0 bridgehead atoms. The molecule has 1 aromatic carbocycles. The number of halogens is 1. The summed E-state index contributed by atoms with van der Waals surface area (Å²) in [6, 6.07) is 5.13. The van der Waals surface area contributed by atoms with Gasteiger partial charge >= 0.3 is 0 Å². The molecular weight excluding hydrogens is 349 g/mol. The zero-order chi connectivity index (χ0) is 19.1. The van der Waals surface area contributed by atoms with E-state index in [1.165, 1.54) is 0 Å². The third kappa shape index (κ3) is 2.93. The van der Waals surface area contributed by atoms with E-state index >= 15 is 0 Å². The molecule has 3 aromatic rings. The predicted octanol–water partition coefficient (Wildman–Crippen LogP) is 2.63. The second kappa shape index (κ2) is 6.64. The molecule has 1 aliphatic rings. The van der Waals surface area contributed by atoms with Crippen molar-refractivity contribution >= 4 is 27.5 Å². The van der Waals surface area contributed by atoms with E-state index in [2.05, 4.69) is 15.3 Å². The molecule has 0 unspecified atom stereocenters. The second-order valence-electron chi connectivity index (χ2n) is 6.94. The number of fused-ring (bicyclic) bond motifs is 2. The highest BCUT2D eigenvalue weighted by Crippen LogP contribution is 2.29. The van der Waals surface area contributed by atoms with Crippen LogP contribution >= 0.6 is 0 Å². The van der Waals surface area contributed by atoms with Crippen LogP contribution in [0.1, 0.15) is 18.9 Å². The number of benzene rings is 1. The summed E-state index contributed by atoms with van der Waals surface area (Å²) in [5, 5.41) is 5.69. The van der Waals surface area contributed by atoms with Crippen LogP contribution in [-0.2, 0) is 4.79 Å². The Morgan fingerprint density at radius 2 is 2.04 bits per heavy atom. The highest BCUT2D eigenvalue weighted by atomic mass is 19.1. The van der Waals surface area contributed by atoms with Crippen molar-refractivity contribution in [3.8, 4) is 5.88 Å². The van der Waals surface area contributed by atoms with Crippen molar-refractivity contribution in [1.82, 2.24) is 15.3 Å². The van der Waals surface area contributed by atoms with Gasteiger partial charge in [-0.2, -0.15) is 0 Å². The van der Waals surface area contributed by atoms with Crippen molar-refractivity contribution < 1.29 is 13.9 Å². The van der Waals surface area contributed by atoms with E-state index in [-0.39, 0.29) is 18.2 Å². The van der Waals surface area contributed by atoms with E-state index in [1.54, 1.807) is 12.4 Å². The Morgan fingerprint density at radius 3 is 2.81 bits per heavy atom. The minimum absolute atomic E-state index is 0.142. The largest absolute Gasteiger partial charge is 0.475 e. The first-order chi connectivity index (χ1) is 13.0. The van der Waals surface area contributed by atoms with Crippen LogP contribution in [0.5, 0.6) is 5.88 Å². The average molecular weight is 369 g/mol. The molecule has 2 aromatic heterocycles. The molecule has 4 rings (SSSR count). The number of ether oxygens (including phenoxy) is 1. The van der Waals surface area contributed by atoms with Gasteiger partial charge in [-0.15, -0.1) is 0 Å². The number of nitrogens with one attached hydrogen (secondary N) is 2. The zero-order valence-electron chi connectivity index (χ0n) is 15.1. The molecule has 0 aliphatic carbocycles. The van der Waals surface area contributed by atoms with Gasteiger partial charge in [-0.25, -0.2) is 9.37 Å². The van der Waals surface area contributed by atoms with Gasteiger partial charge in [0.1, 0.15) is 6.61 Å². The lowest BCUT2D eigenvalue weighted by atomic mass is 9.97. The number of hydrogen-bond donors (Lipinski definition) is 2. The fraction of sp³-hybridized carbons (Fsp3) is 0.350. The summed E-state index contributed by atoms with van der Waals surface area (Å²) >= 11 is 0. The van der Waals surface area contributed by atoms with Crippen molar-refractivity contribution in [2.24, 2.45) is 5.92 Å². The van der Waals surface area contributed by atoms with Gasteiger partial charge in [0.2, 0.25) is 5.88 Å². The fourth-order valence-electron chi connectivity index (χ4n) is 3.75. The molecule has 0 saturated carbocycles. The number of carbonyl (C=O) groups excluding carboxylic acids is 1. The Balaban J connectivity index is 1.70. The number of aromatic amines is 1. The molecule has 1 fully saturated rings. The van der Waals surface area contributed by atoms with E-state index in [4.69, 9.17) is 4.74 Å². The first-order valence-corrected chi connectivity index (χ1v) is 8.97. The minimum atomic E-state index is -1.50. The monoisotopic (exact) mass is 369 g/mol. The summed E-state index contributed by atoms with van der Waals surface area (Å²) in [5.74, 6) is -0.586. The lowest BCUT2D eigenvalue weighted by molar-refractivity contribution is -0.123. The smallest absolute Gasteiger partial charge is 0.255 e. The molecular formula is C20H20FN3O3. The number of amides is 1. The zero-order valence-corrected chi connectivity index (χ0v) is 15.1. The number of aromatic nitrogens is 2. The van der Waals surface area contributed by atoms with Gasteiger partial charge in [0.05, 0.1) is 6.04 Å². The maximum atomic E-state index is 14.0. The third-order valence-corrected chi connectivity index (χ3v) is 5.30. The SMILES string of the molecule is CC[C@@H]1[C@H](F)C(=O)N[C@@H]1COc1nccc2cc3c(=O)[nH]cc(C)c3cc12. The number of rotatable bonds is 4. The molecule has 7 heteroatoms. The normalized spacial score (nSPS) is 22.3. The van der Waals surface area contributed by atoms with E-state index in [9.17, 15) is 14.0 Å². The predicted molar refractivity (Wildman–Crippen MR) is 101 cm³/mol. The number of alkyl halides is 1. The summed E-state index contributed by atoms with van der Waals surface area (Å²) < 4.78 is 19.8. The number of pyridine rings is 2. The van der Waals surface area contributed by atoms with Crippen LogP contribution in [0.3, 0.4) is 0 Å². The Kier molecular flexibility index (Phi) is 4.30. The molecule has 1 aliphatic heterocycles. The van der Waals surface area contributed by atoms with Crippen LogP contribution in [0.2, 0.25) is 0 Å². The summed E-state index contributed by atoms with van der Waals surface area (Å²) in [4.78, 5) is 30.7. The van der Waals surface area contributed by atoms with Gasteiger partial charge in [-0.05, 0) is 47.9 Å². The molecule has 0 radical (unpaired) electrons. The lowest BCUT2D eigenvalue weighted by Crippen LogP contribution is -2.34. The number of hydrogen-bond acceptors (Lipinski definition) is 4. The first-order valence-electron chi connectivity index (χ1n) is 8.97. The molecule has 6 nitrogen and oxygen atoms in total.